The Morgan fingerprint density at radius 3 is 2.50 bits per heavy atom. The molecule has 1 amide bonds. The zero-order valence-corrected chi connectivity index (χ0v) is 21.9. The normalized spacial score (nSPS) is 17.0. The summed E-state index contributed by atoms with van der Waals surface area (Å²) in [6.07, 6.45) is 3.63. The van der Waals surface area contributed by atoms with Crippen LogP contribution in [0.1, 0.15) is 42.4 Å². The standard InChI is InChI=1S/C24H33N5OS.HI/c1-25-24(27-22-8-12-28(13-9-22)15-19-10-14-31-18-19)26-11-4-7-23(30)29-16-20-5-2-3-6-21(20)17-29;/h2-3,5-6,10,14,18,22H,4,7-9,11-13,15-17H2,1H3,(H2,25,26,27);1H. The number of nitrogens with one attached hydrogen (secondary N) is 2. The van der Waals surface area contributed by atoms with Crippen molar-refractivity contribution in [3.63, 3.8) is 0 Å². The SMILES string of the molecule is CN=C(NCCCC(=O)N1Cc2ccccc2C1)NC1CCN(Cc2ccsc2)CC1.I. The van der Waals surface area contributed by atoms with Gasteiger partial charge in [0.15, 0.2) is 5.96 Å². The van der Waals surface area contributed by atoms with Crippen LogP contribution in [-0.4, -0.2) is 54.4 Å². The van der Waals surface area contributed by atoms with Crippen LogP contribution in [0.15, 0.2) is 46.1 Å². The first kappa shape index (κ1) is 25.0. The molecule has 1 aromatic heterocycles. The number of thiophene rings is 1. The van der Waals surface area contributed by atoms with Crippen molar-refractivity contribution in [3.05, 3.63) is 57.8 Å². The summed E-state index contributed by atoms with van der Waals surface area (Å²) in [4.78, 5) is 21.4. The number of guanidine groups is 1. The summed E-state index contributed by atoms with van der Waals surface area (Å²) in [7, 11) is 1.81. The van der Waals surface area contributed by atoms with E-state index in [2.05, 4.69) is 49.5 Å². The van der Waals surface area contributed by atoms with E-state index >= 15 is 0 Å². The molecule has 1 aromatic carbocycles. The van der Waals surface area contributed by atoms with Crippen molar-refractivity contribution in [1.29, 1.82) is 0 Å². The zero-order chi connectivity index (χ0) is 21.5. The summed E-state index contributed by atoms with van der Waals surface area (Å²) in [5.74, 6) is 1.08. The van der Waals surface area contributed by atoms with E-state index in [4.69, 9.17) is 0 Å². The van der Waals surface area contributed by atoms with Crippen LogP contribution in [-0.2, 0) is 24.4 Å². The van der Waals surface area contributed by atoms with Gasteiger partial charge in [0.1, 0.15) is 0 Å². The monoisotopic (exact) mass is 567 g/mol. The highest BCUT2D eigenvalue weighted by molar-refractivity contribution is 14.0. The van der Waals surface area contributed by atoms with Crippen LogP contribution in [0, 0.1) is 0 Å². The number of nitrogens with zero attached hydrogens (tertiary/aromatic N) is 3. The Kier molecular flexibility index (Phi) is 9.80. The van der Waals surface area contributed by atoms with Crippen molar-refractivity contribution >= 4 is 47.2 Å². The van der Waals surface area contributed by atoms with Crippen LogP contribution in [0.4, 0.5) is 0 Å². The van der Waals surface area contributed by atoms with Gasteiger partial charge in [-0.2, -0.15) is 11.3 Å². The first-order chi connectivity index (χ1) is 15.2. The second-order valence-corrected chi connectivity index (χ2v) is 9.23. The maximum atomic E-state index is 12.5. The predicted octanol–water partition coefficient (Wildman–Crippen LogP) is 3.82. The molecule has 1 saturated heterocycles. The molecule has 3 heterocycles. The number of hydrogen-bond donors (Lipinski definition) is 2. The average molecular weight is 568 g/mol. The number of halogens is 1. The summed E-state index contributed by atoms with van der Waals surface area (Å²) in [6.45, 7) is 5.52. The Bertz CT molecular complexity index is 855. The van der Waals surface area contributed by atoms with Crippen molar-refractivity contribution in [2.45, 2.75) is 51.4 Å². The molecule has 32 heavy (non-hydrogen) atoms. The van der Waals surface area contributed by atoms with Crippen LogP contribution >= 0.6 is 35.3 Å². The van der Waals surface area contributed by atoms with E-state index in [9.17, 15) is 4.79 Å². The fourth-order valence-electron chi connectivity index (χ4n) is 4.38. The summed E-state index contributed by atoms with van der Waals surface area (Å²) < 4.78 is 0. The van der Waals surface area contributed by atoms with Gasteiger partial charge in [0.2, 0.25) is 5.91 Å². The first-order valence-electron chi connectivity index (χ1n) is 11.3. The van der Waals surface area contributed by atoms with Gasteiger partial charge in [-0.05, 0) is 52.8 Å². The Hall–Kier alpha value is -1.65. The minimum Gasteiger partial charge on any atom is -0.356 e. The third-order valence-electron chi connectivity index (χ3n) is 6.19. The maximum absolute atomic E-state index is 12.5. The van der Waals surface area contributed by atoms with Crippen molar-refractivity contribution in [3.8, 4) is 0 Å². The number of carbonyl (C=O) groups is 1. The molecule has 2 aliphatic rings. The molecule has 4 rings (SSSR count). The summed E-state index contributed by atoms with van der Waals surface area (Å²) in [5.41, 5.74) is 3.97. The van der Waals surface area contributed by atoms with E-state index in [1.165, 1.54) is 16.7 Å². The van der Waals surface area contributed by atoms with Gasteiger partial charge in [-0.15, -0.1) is 24.0 Å². The number of likely N-dealkylation sites (tertiary alicyclic amines) is 1. The van der Waals surface area contributed by atoms with Crippen LogP contribution in [0.25, 0.3) is 0 Å². The van der Waals surface area contributed by atoms with Gasteiger partial charge in [-0.25, -0.2) is 0 Å². The van der Waals surface area contributed by atoms with E-state index in [1.54, 1.807) is 11.3 Å². The molecule has 0 spiro atoms. The van der Waals surface area contributed by atoms with Gasteiger partial charge < -0.3 is 15.5 Å². The van der Waals surface area contributed by atoms with Gasteiger partial charge in [-0.1, -0.05) is 24.3 Å². The number of aliphatic imine (C=N–C) groups is 1. The van der Waals surface area contributed by atoms with Gasteiger partial charge in [-0.3, -0.25) is 14.7 Å². The van der Waals surface area contributed by atoms with Gasteiger partial charge in [0.05, 0.1) is 0 Å². The number of carbonyl (C=O) groups excluding carboxylic acids is 1. The van der Waals surface area contributed by atoms with Gasteiger partial charge >= 0.3 is 0 Å². The second-order valence-electron chi connectivity index (χ2n) is 8.45. The van der Waals surface area contributed by atoms with Crippen LogP contribution in [0.5, 0.6) is 0 Å². The fourth-order valence-corrected chi connectivity index (χ4v) is 5.04. The molecule has 0 radical (unpaired) electrons. The molecule has 1 fully saturated rings. The Labute approximate surface area is 212 Å². The van der Waals surface area contributed by atoms with E-state index in [-0.39, 0.29) is 29.9 Å². The minimum atomic E-state index is 0. The molecule has 0 bridgehead atoms. The van der Waals surface area contributed by atoms with E-state index in [0.717, 1.165) is 64.5 Å². The lowest BCUT2D eigenvalue weighted by atomic mass is 10.0. The molecule has 2 aromatic rings. The zero-order valence-electron chi connectivity index (χ0n) is 18.8. The lowest BCUT2D eigenvalue weighted by molar-refractivity contribution is -0.131. The molecule has 0 saturated carbocycles. The summed E-state index contributed by atoms with van der Waals surface area (Å²) in [6, 6.07) is 11.0. The highest BCUT2D eigenvalue weighted by atomic mass is 127. The van der Waals surface area contributed by atoms with E-state index < -0.39 is 0 Å². The number of piperidine rings is 1. The fraction of sp³-hybridized carbons (Fsp3) is 0.500. The largest absolute Gasteiger partial charge is 0.356 e. The molecule has 0 unspecified atom stereocenters. The predicted molar refractivity (Wildman–Crippen MR) is 142 cm³/mol. The third-order valence-corrected chi connectivity index (χ3v) is 6.92. The topological polar surface area (TPSA) is 60.0 Å². The molecule has 8 heteroatoms. The number of amides is 1. The molecule has 6 nitrogen and oxygen atoms in total. The summed E-state index contributed by atoms with van der Waals surface area (Å²) in [5, 5.41) is 11.3. The quantitative estimate of drug-likeness (QED) is 0.231. The van der Waals surface area contributed by atoms with Crippen LogP contribution in [0.3, 0.4) is 0 Å². The van der Waals surface area contributed by atoms with E-state index in [0.29, 0.717) is 12.5 Å². The molecular weight excluding hydrogens is 533 g/mol. The van der Waals surface area contributed by atoms with E-state index in [1.807, 2.05) is 24.1 Å². The number of fused-ring (bicyclic) bond motifs is 1. The Balaban J connectivity index is 0.00000289. The van der Waals surface area contributed by atoms with Crippen molar-refractivity contribution in [1.82, 2.24) is 20.4 Å². The molecular formula is C24H34IN5OS. The van der Waals surface area contributed by atoms with Gasteiger partial charge in [0.25, 0.3) is 0 Å². The molecule has 174 valence electrons. The highest BCUT2D eigenvalue weighted by Crippen LogP contribution is 2.23. The molecule has 0 aliphatic carbocycles. The second kappa shape index (κ2) is 12.6. The van der Waals surface area contributed by atoms with Gasteiger partial charge in [0, 0.05) is 58.8 Å². The number of hydrogen-bond acceptors (Lipinski definition) is 4. The van der Waals surface area contributed by atoms with Crippen LogP contribution in [0.2, 0.25) is 0 Å². The molecule has 2 aliphatic heterocycles. The smallest absolute Gasteiger partial charge is 0.223 e. The highest BCUT2D eigenvalue weighted by Gasteiger charge is 2.22. The minimum absolute atomic E-state index is 0. The van der Waals surface area contributed by atoms with Crippen LogP contribution < -0.4 is 10.6 Å². The Morgan fingerprint density at radius 2 is 1.88 bits per heavy atom. The Morgan fingerprint density at radius 1 is 1.16 bits per heavy atom. The third kappa shape index (κ3) is 6.92. The molecule has 2 N–H and O–H groups in total. The lowest BCUT2D eigenvalue weighted by Gasteiger charge is -2.33. The number of benzene rings is 1. The van der Waals surface area contributed by atoms with Crippen molar-refractivity contribution in [2.24, 2.45) is 4.99 Å². The maximum Gasteiger partial charge on any atom is 0.223 e. The summed E-state index contributed by atoms with van der Waals surface area (Å²) >= 11 is 1.77. The van der Waals surface area contributed by atoms with Crippen molar-refractivity contribution < 1.29 is 4.79 Å². The number of rotatable bonds is 7. The average Bonchev–Trinajstić information content (AvgIpc) is 3.46. The molecule has 0 atom stereocenters. The first-order valence-corrected chi connectivity index (χ1v) is 12.2. The van der Waals surface area contributed by atoms with Crippen molar-refractivity contribution in [2.75, 3.05) is 26.7 Å². The lowest BCUT2D eigenvalue weighted by Crippen LogP contribution is -2.48.